The Labute approximate surface area is 130 Å². The number of carbonyl (C=O) groups is 2. The minimum atomic E-state index is -0.258. The second-order valence-electron chi connectivity index (χ2n) is 5.87. The summed E-state index contributed by atoms with van der Waals surface area (Å²) in [4.78, 5) is 28.3. The highest BCUT2D eigenvalue weighted by Crippen LogP contribution is 2.16. The molecule has 1 atom stereocenters. The predicted molar refractivity (Wildman–Crippen MR) is 82.3 cm³/mol. The molecule has 2 heterocycles. The summed E-state index contributed by atoms with van der Waals surface area (Å²) >= 11 is 0. The van der Waals surface area contributed by atoms with Crippen LogP contribution in [0.1, 0.15) is 18.4 Å². The van der Waals surface area contributed by atoms with Gasteiger partial charge in [-0.15, -0.1) is 0 Å². The van der Waals surface area contributed by atoms with Gasteiger partial charge in [-0.05, 0) is 18.4 Å². The van der Waals surface area contributed by atoms with E-state index in [2.05, 4.69) is 0 Å². The molecule has 2 saturated heterocycles. The van der Waals surface area contributed by atoms with Crippen LogP contribution in [0.2, 0.25) is 0 Å². The predicted octanol–water partition coefficient (Wildman–Crippen LogP) is 1.08. The summed E-state index contributed by atoms with van der Waals surface area (Å²) in [6.45, 7) is 3.14. The Hall–Kier alpha value is -1.88. The minimum absolute atomic E-state index is 0.0904. The van der Waals surface area contributed by atoms with Crippen LogP contribution in [0.5, 0.6) is 0 Å². The molecule has 0 aromatic heterocycles. The molecule has 0 aliphatic carbocycles. The average Bonchev–Trinajstić information content (AvgIpc) is 3.10. The first-order chi connectivity index (χ1) is 10.7. The van der Waals surface area contributed by atoms with E-state index in [1.54, 1.807) is 0 Å². The van der Waals surface area contributed by atoms with Crippen molar-refractivity contribution in [1.29, 1.82) is 0 Å². The zero-order chi connectivity index (χ0) is 15.4. The van der Waals surface area contributed by atoms with Crippen LogP contribution in [0.25, 0.3) is 0 Å². The standard InChI is InChI=1S/C17H22N2O3/c20-16(13-14-5-2-1-3-6-14)18-8-10-19(11-9-18)17(21)15-7-4-12-22-15/h1-3,5-6,15H,4,7-13H2. The number of ether oxygens (including phenoxy) is 1. The number of carbonyl (C=O) groups excluding carboxylic acids is 2. The van der Waals surface area contributed by atoms with Crippen molar-refractivity contribution in [3.8, 4) is 0 Å². The number of hydrogen-bond acceptors (Lipinski definition) is 3. The summed E-state index contributed by atoms with van der Waals surface area (Å²) in [5.41, 5.74) is 1.03. The van der Waals surface area contributed by atoms with Crippen molar-refractivity contribution in [2.45, 2.75) is 25.4 Å². The number of benzene rings is 1. The highest BCUT2D eigenvalue weighted by molar-refractivity contribution is 5.82. The zero-order valence-electron chi connectivity index (χ0n) is 12.7. The first-order valence-corrected chi connectivity index (χ1v) is 7.96. The third-order valence-electron chi connectivity index (χ3n) is 4.35. The van der Waals surface area contributed by atoms with Crippen LogP contribution in [-0.4, -0.2) is 60.5 Å². The fraction of sp³-hybridized carbons (Fsp3) is 0.529. The van der Waals surface area contributed by atoms with Gasteiger partial charge in [0, 0.05) is 32.8 Å². The topological polar surface area (TPSA) is 49.9 Å². The Bertz CT molecular complexity index is 518. The van der Waals surface area contributed by atoms with Gasteiger partial charge in [-0.2, -0.15) is 0 Å². The van der Waals surface area contributed by atoms with Crippen molar-refractivity contribution in [1.82, 2.24) is 9.80 Å². The molecule has 0 bridgehead atoms. The van der Waals surface area contributed by atoms with Crippen molar-refractivity contribution in [2.24, 2.45) is 0 Å². The van der Waals surface area contributed by atoms with E-state index in [0.29, 0.717) is 39.2 Å². The normalized spacial score (nSPS) is 21.9. The Morgan fingerprint density at radius 1 is 1.05 bits per heavy atom. The lowest BCUT2D eigenvalue weighted by Crippen LogP contribution is -2.53. The second-order valence-corrected chi connectivity index (χ2v) is 5.87. The van der Waals surface area contributed by atoms with Gasteiger partial charge in [0.2, 0.25) is 5.91 Å². The molecule has 3 rings (SSSR count). The number of rotatable bonds is 3. The van der Waals surface area contributed by atoms with Crippen LogP contribution >= 0.6 is 0 Å². The van der Waals surface area contributed by atoms with Crippen molar-refractivity contribution >= 4 is 11.8 Å². The van der Waals surface area contributed by atoms with Gasteiger partial charge in [-0.25, -0.2) is 0 Å². The molecular formula is C17H22N2O3. The van der Waals surface area contributed by atoms with Gasteiger partial charge < -0.3 is 14.5 Å². The first-order valence-electron chi connectivity index (χ1n) is 7.96. The minimum Gasteiger partial charge on any atom is -0.368 e. The van der Waals surface area contributed by atoms with Gasteiger partial charge in [0.25, 0.3) is 5.91 Å². The van der Waals surface area contributed by atoms with Gasteiger partial charge in [0.15, 0.2) is 0 Å². The van der Waals surface area contributed by atoms with E-state index in [1.807, 2.05) is 40.1 Å². The Morgan fingerprint density at radius 3 is 2.36 bits per heavy atom. The Kier molecular flexibility index (Phi) is 4.73. The van der Waals surface area contributed by atoms with Crippen LogP contribution in [-0.2, 0) is 20.7 Å². The summed E-state index contributed by atoms with van der Waals surface area (Å²) in [6.07, 6.45) is 1.96. The molecule has 2 amide bonds. The quantitative estimate of drug-likeness (QED) is 0.839. The molecular weight excluding hydrogens is 280 g/mol. The Balaban J connectivity index is 1.48. The molecule has 0 N–H and O–H groups in total. The molecule has 118 valence electrons. The maximum absolute atomic E-state index is 12.3. The molecule has 2 aliphatic heterocycles. The molecule has 0 saturated carbocycles. The maximum atomic E-state index is 12.3. The lowest BCUT2D eigenvalue weighted by Gasteiger charge is -2.35. The maximum Gasteiger partial charge on any atom is 0.251 e. The van der Waals surface area contributed by atoms with E-state index >= 15 is 0 Å². The summed E-state index contributed by atoms with van der Waals surface area (Å²) in [6, 6.07) is 9.77. The molecule has 22 heavy (non-hydrogen) atoms. The SMILES string of the molecule is O=C(Cc1ccccc1)N1CCN(C(=O)C2CCCO2)CC1. The van der Waals surface area contributed by atoms with Crippen LogP contribution in [0, 0.1) is 0 Å². The molecule has 0 radical (unpaired) electrons. The van der Waals surface area contributed by atoms with Crippen LogP contribution < -0.4 is 0 Å². The fourth-order valence-corrected chi connectivity index (χ4v) is 3.03. The van der Waals surface area contributed by atoms with Gasteiger partial charge >= 0.3 is 0 Å². The van der Waals surface area contributed by atoms with Crippen molar-refractivity contribution in [3.05, 3.63) is 35.9 Å². The molecule has 0 spiro atoms. The third kappa shape index (κ3) is 3.47. The second kappa shape index (κ2) is 6.92. The van der Waals surface area contributed by atoms with E-state index < -0.39 is 0 Å². The lowest BCUT2D eigenvalue weighted by molar-refractivity contribution is -0.145. The third-order valence-corrected chi connectivity index (χ3v) is 4.35. The number of piperazine rings is 1. The van der Waals surface area contributed by atoms with Gasteiger partial charge in [0.05, 0.1) is 6.42 Å². The Morgan fingerprint density at radius 2 is 1.73 bits per heavy atom. The van der Waals surface area contributed by atoms with Crippen molar-refractivity contribution < 1.29 is 14.3 Å². The summed E-state index contributed by atoms with van der Waals surface area (Å²) in [5.74, 6) is 0.225. The van der Waals surface area contributed by atoms with Crippen LogP contribution in [0.3, 0.4) is 0 Å². The highest BCUT2D eigenvalue weighted by Gasteiger charge is 2.31. The monoisotopic (exact) mass is 302 g/mol. The highest BCUT2D eigenvalue weighted by atomic mass is 16.5. The van der Waals surface area contributed by atoms with Crippen LogP contribution in [0.4, 0.5) is 0 Å². The molecule has 1 aromatic rings. The lowest BCUT2D eigenvalue weighted by atomic mass is 10.1. The summed E-state index contributed by atoms with van der Waals surface area (Å²) < 4.78 is 5.45. The smallest absolute Gasteiger partial charge is 0.251 e. The molecule has 5 nitrogen and oxygen atoms in total. The fourth-order valence-electron chi connectivity index (χ4n) is 3.03. The van der Waals surface area contributed by atoms with E-state index in [-0.39, 0.29) is 17.9 Å². The summed E-state index contributed by atoms with van der Waals surface area (Å²) in [7, 11) is 0. The molecule has 5 heteroatoms. The van der Waals surface area contributed by atoms with E-state index in [0.717, 1.165) is 18.4 Å². The van der Waals surface area contributed by atoms with E-state index in [1.165, 1.54) is 0 Å². The summed E-state index contributed by atoms with van der Waals surface area (Å²) in [5, 5.41) is 0. The largest absolute Gasteiger partial charge is 0.368 e. The zero-order valence-corrected chi connectivity index (χ0v) is 12.7. The van der Waals surface area contributed by atoms with Gasteiger partial charge in [0.1, 0.15) is 6.10 Å². The van der Waals surface area contributed by atoms with E-state index in [4.69, 9.17) is 4.74 Å². The van der Waals surface area contributed by atoms with E-state index in [9.17, 15) is 9.59 Å². The molecule has 1 unspecified atom stereocenters. The van der Waals surface area contributed by atoms with Gasteiger partial charge in [-0.1, -0.05) is 30.3 Å². The average molecular weight is 302 g/mol. The molecule has 2 fully saturated rings. The van der Waals surface area contributed by atoms with Crippen molar-refractivity contribution in [3.63, 3.8) is 0 Å². The van der Waals surface area contributed by atoms with Crippen LogP contribution in [0.15, 0.2) is 30.3 Å². The number of nitrogens with zero attached hydrogens (tertiary/aromatic N) is 2. The molecule has 2 aliphatic rings. The first kappa shape index (κ1) is 15.0. The number of hydrogen-bond donors (Lipinski definition) is 0. The van der Waals surface area contributed by atoms with Crippen molar-refractivity contribution in [2.75, 3.05) is 32.8 Å². The molecule has 1 aromatic carbocycles. The number of amides is 2. The van der Waals surface area contributed by atoms with Gasteiger partial charge in [-0.3, -0.25) is 9.59 Å².